The molecular formula is C11H20N2O2. The Morgan fingerprint density at radius 2 is 1.87 bits per heavy atom. The maximum absolute atomic E-state index is 10.7. The minimum absolute atomic E-state index is 0.0470. The van der Waals surface area contributed by atoms with Gasteiger partial charge in [0.2, 0.25) is 0 Å². The number of likely N-dealkylation sites (N-methyl/N-ethyl adjacent to an activating group) is 1. The lowest BCUT2D eigenvalue weighted by Gasteiger charge is -2.34. The van der Waals surface area contributed by atoms with E-state index in [1.54, 1.807) is 0 Å². The molecular weight excluding hydrogens is 192 g/mol. The average Bonchev–Trinajstić information content (AvgIpc) is 2.98. The Bertz CT molecular complexity index is 237. The van der Waals surface area contributed by atoms with Gasteiger partial charge in [-0.1, -0.05) is 6.92 Å². The highest BCUT2D eigenvalue weighted by Crippen LogP contribution is 2.39. The first kappa shape index (κ1) is 10.9. The first-order chi connectivity index (χ1) is 7.20. The summed E-state index contributed by atoms with van der Waals surface area (Å²) in [6, 6.07) is 0. The van der Waals surface area contributed by atoms with Crippen LogP contribution in [0.4, 0.5) is 0 Å². The number of aliphatic carboxylic acids is 1. The number of hydrogen-bond donors (Lipinski definition) is 1. The predicted molar refractivity (Wildman–Crippen MR) is 57.8 cm³/mol. The molecule has 0 amide bonds. The summed E-state index contributed by atoms with van der Waals surface area (Å²) in [7, 11) is 0. The Labute approximate surface area is 90.9 Å². The fraction of sp³-hybridized carbons (Fsp3) is 0.909. The van der Waals surface area contributed by atoms with E-state index in [0.717, 1.165) is 45.7 Å². The molecule has 2 aliphatic rings. The van der Waals surface area contributed by atoms with E-state index in [1.807, 2.05) is 0 Å². The molecule has 1 N–H and O–H groups in total. The highest BCUT2D eigenvalue weighted by Gasteiger charge is 2.43. The van der Waals surface area contributed by atoms with Gasteiger partial charge in [0, 0.05) is 32.7 Å². The van der Waals surface area contributed by atoms with Crippen LogP contribution in [0, 0.1) is 11.8 Å². The molecule has 0 spiro atoms. The smallest absolute Gasteiger partial charge is 0.306 e. The molecule has 1 heterocycles. The standard InChI is InChI=1S/C11H20N2O2/c1-2-12-3-5-13(6-4-12)8-9-7-10(9)11(14)15/h9-10H,2-8H2,1H3,(H,14,15). The third-order valence-corrected chi connectivity index (χ3v) is 3.64. The lowest BCUT2D eigenvalue weighted by atomic mass is 10.2. The van der Waals surface area contributed by atoms with Crippen molar-refractivity contribution in [3.8, 4) is 0 Å². The summed E-state index contributed by atoms with van der Waals surface area (Å²) in [6.45, 7) is 8.82. The number of rotatable bonds is 4. The van der Waals surface area contributed by atoms with Gasteiger partial charge in [-0.15, -0.1) is 0 Å². The number of nitrogens with zero attached hydrogens (tertiary/aromatic N) is 2. The summed E-state index contributed by atoms with van der Waals surface area (Å²) in [6.07, 6.45) is 0.892. The molecule has 0 aromatic heterocycles. The molecule has 4 heteroatoms. The van der Waals surface area contributed by atoms with E-state index in [2.05, 4.69) is 16.7 Å². The third-order valence-electron chi connectivity index (χ3n) is 3.64. The molecule has 1 saturated heterocycles. The van der Waals surface area contributed by atoms with Crippen LogP contribution in [-0.2, 0) is 4.79 Å². The second-order valence-electron chi connectivity index (χ2n) is 4.68. The number of carboxylic acids is 1. The fourth-order valence-corrected chi connectivity index (χ4v) is 2.37. The van der Waals surface area contributed by atoms with Gasteiger partial charge in [0.1, 0.15) is 0 Å². The summed E-state index contributed by atoms with van der Waals surface area (Å²) < 4.78 is 0. The van der Waals surface area contributed by atoms with Gasteiger partial charge < -0.3 is 14.9 Å². The number of piperazine rings is 1. The minimum Gasteiger partial charge on any atom is -0.481 e. The summed E-state index contributed by atoms with van der Waals surface area (Å²) in [5.41, 5.74) is 0. The molecule has 0 aromatic rings. The van der Waals surface area contributed by atoms with Crippen molar-refractivity contribution in [1.29, 1.82) is 0 Å². The molecule has 2 unspecified atom stereocenters. The van der Waals surface area contributed by atoms with Crippen LogP contribution in [-0.4, -0.2) is 60.1 Å². The van der Waals surface area contributed by atoms with Crippen LogP contribution in [0.25, 0.3) is 0 Å². The number of carboxylic acid groups (broad SMARTS) is 1. The van der Waals surface area contributed by atoms with E-state index in [9.17, 15) is 4.79 Å². The van der Waals surface area contributed by atoms with Crippen molar-refractivity contribution in [2.24, 2.45) is 11.8 Å². The van der Waals surface area contributed by atoms with Crippen molar-refractivity contribution < 1.29 is 9.90 Å². The summed E-state index contributed by atoms with van der Waals surface area (Å²) in [5.74, 6) is -0.225. The first-order valence-corrected chi connectivity index (χ1v) is 5.88. The van der Waals surface area contributed by atoms with Crippen molar-refractivity contribution in [3.05, 3.63) is 0 Å². The third kappa shape index (κ3) is 2.69. The zero-order valence-electron chi connectivity index (χ0n) is 9.35. The van der Waals surface area contributed by atoms with E-state index >= 15 is 0 Å². The van der Waals surface area contributed by atoms with E-state index in [4.69, 9.17) is 5.11 Å². The van der Waals surface area contributed by atoms with Gasteiger partial charge in [-0.3, -0.25) is 4.79 Å². The Morgan fingerprint density at radius 3 is 2.33 bits per heavy atom. The van der Waals surface area contributed by atoms with Crippen molar-refractivity contribution in [2.45, 2.75) is 13.3 Å². The van der Waals surface area contributed by atoms with E-state index in [1.165, 1.54) is 0 Å². The van der Waals surface area contributed by atoms with Crippen molar-refractivity contribution >= 4 is 5.97 Å². The zero-order chi connectivity index (χ0) is 10.8. The van der Waals surface area contributed by atoms with Crippen LogP contribution in [0.1, 0.15) is 13.3 Å². The first-order valence-electron chi connectivity index (χ1n) is 5.88. The van der Waals surface area contributed by atoms with Gasteiger partial charge in [0.05, 0.1) is 5.92 Å². The van der Waals surface area contributed by atoms with Gasteiger partial charge in [0.25, 0.3) is 0 Å². The van der Waals surface area contributed by atoms with Gasteiger partial charge in [-0.05, 0) is 18.9 Å². The molecule has 1 aliphatic heterocycles. The largest absolute Gasteiger partial charge is 0.481 e. The van der Waals surface area contributed by atoms with E-state index in [0.29, 0.717) is 5.92 Å². The Morgan fingerprint density at radius 1 is 1.27 bits per heavy atom. The maximum Gasteiger partial charge on any atom is 0.306 e. The molecule has 2 rings (SSSR count). The predicted octanol–water partition coefficient (Wildman–Crippen LogP) is 0.345. The Hall–Kier alpha value is -0.610. The fourth-order valence-electron chi connectivity index (χ4n) is 2.37. The summed E-state index contributed by atoms with van der Waals surface area (Å²) >= 11 is 0. The highest BCUT2D eigenvalue weighted by atomic mass is 16.4. The van der Waals surface area contributed by atoms with Gasteiger partial charge in [0.15, 0.2) is 0 Å². The van der Waals surface area contributed by atoms with Gasteiger partial charge in [-0.25, -0.2) is 0 Å². The van der Waals surface area contributed by atoms with E-state index < -0.39 is 5.97 Å². The molecule has 2 fully saturated rings. The van der Waals surface area contributed by atoms with Gasteiger partial charge >= 0.3 is 5.97 Å². The molecule has 2 atom stereocenters. The van der Waals surface area contributed by atoms with Crippen LogP contribution in [0.15, 0.2) is 0 Å². The topological polar surface area (TPSA) is 43.8 Å². The molecule has 0 bridgehead atoms. The Kier molecular flexibility index (Phi) is 3.26. The normalized spacial score (nSPS) is 32.9. The van der Waals surface area contributed by atoms with Crippen LogP contribution in [0.5, 0.6) is 0 Å². The van der Waals surface area contributed by atoms with Crippen LogP contribution >= 0.6 is 0 Å². The van der Waals surface area contributed by atoms with Crippen molar-refractivity contribution in [2.75, 3.05) is 39.3 Å². The van der Waals surface area contributed by atoms with Crippen LogP contribution < -0.4 is 0 Å². The number of carbonyl (C=O) groups is 1. The average molecular weight is 212 g/mol. The lowest BCUT2D eigenvalue weighted by molar-refractivity contribution is -0.138. The quantitative estimate of drug-likeness (QED) is 0.730. The lowest BCUT2D eigenvalue weighted by Crippen LogP contribution is -2.46. The van der Waals surface area contributed by atoms with E-state index in [-0.39, 0.29) is 5.92 Å². The zero-order valence-corrected chi connectivity index (χ0v) is 9.35. The molecule has 1 aliphatic carbocycles. The van der Waals surface area contributed by atoms with Crippen LogP contribution in [0.2, 0.25) is 0 Å². The van der Waals surface area contributed by atoms with Gasteiger partial charge in [-0.2, -0.15) is 0 Å². The Balaban J connectivity index is 1.68. The summed E-state index contributed by atoms with van der Waals surface area (Å²) in [4.78, 5) is 15.5. The molecule has 1 saturated carbocycles. The maximum atomic E-state index is 10.7. The second-order valence-corrected chi connectivity index (χ2v) is 4.68. The second kappa shape index (κ2) is 4.49. The van der Waals surface area contributed by atoms with Crippen molar-refractivity contribution in [3.63, 3.8) is 0 Å². The van der Waals surface area contributed by atoms with Crippen molar-refractivity contribution in [1.82, 2.24) is 9.80 Å². The number of hydrogen-bond acceptors (Lipinski definition) is 3. The molecule has 0 radical (unpaired) electrons. The summed E-state index contributed by atoms with van der Waals surface area (Å²) in [5, 5.41) is 8.81. The van der Waals surface area contributed by atoms with Crippen LogP contribution in [0.3, 0.4) is 0 Å². The minimum atomic E-state index is -0.604. The molecule has 0 aromatic carbocycles. The highest BCUT2D eigenvalue weighted by molar-refractivity contribution is 5.73. The monoisotopic (exact) mass is 212 g/mol. The molecule has 4 nitrogen and oxygen atoms in total. The molecule has 86 valence electrons. The molecule has 15 heavy (non-hydrogen) atoms. The SMILES string of the molecule is CCN1CCN(CC2CC2C(=O)O)CC1.